The molecule has 18 heavy (non-hydrogen) atoms. The number of amides is 1. The standard InChI is InChI=1S/C13H14Cl2FNO/c1-6-3-8(6)13(18)17-7(2)9-4-12(16)11(15)5-10(9)14/h4-8H,3H2,1-2H3,(H,17,18)/t6-,7+,8+/m1/s1. The Morgan fingerprint density at radius 2 is 2.06 bits per heavy atom. The van der Waals surface area contributed by atoms with Gasteiger partial charge in [0.15, 0.2) is 0 Å². The molecule has 0 aliphatic heterocycles. The van der Waals surface area contributed by atoms with Crippen LogP contribution >= 0.6 is 23.2 Å². The Kier molecular flexibility index (Phi) is 3.83. The molecule has 0 unspecified atom stereocenters. The van der Waals surface area contributed by atoms with E-state index in [0.717, 1.165) is 6.42 Å². The van der Waals surface area contributed by atoms with E-state index in [1.54, 1.807) is 6.92 Å². The van der Waals surface area contributed by atoms with Gasteiger partial charge in [-0.05, 0) is 37.0 Å². The van der Waals surface area contributed by atoms with E-state index in [2.05, 4.69) is 5.32 Å². The molecule has 0 saturated heterocycles. The zero-order valence-electron chi connectivity index (χ0n) is 10.1. The molecule has 1 aliphatic rings. The third-order valence-electron chi connectivity index (χ3n) is 3.31. The number of hydrogen-bond donors (Lipinski definition) is 1. The molecular weight excluding hydrogens is 276 g/mol. The number of rotatable bonds is 3. The summed E-state index contributed by atoms with van der Waals surface area (Å²) < 4.78 is 13.4. The van der Waals surface area contributed by atoms with Crippen LogP contribution < -0.4 is 5.32 Å². The third-order valence-corrected chi connectivity index (χ3v) is 3.93. The molecule has 1 aliphatic carbocycles. The van der Waals surface area contributed by atoms with Crippen LogP contribution in [0.1, 0.15) is 31.9 Å². The van der Waals surface area contributed by atoms with Crippen LogP contribution in [0.25, 0.3) is 0 Å². The van der Waals surface area contributed by atoms with Crippen molar-refractivity contribution in [3.8, 4) is 0 Å². The first-order valence-corrected chi connectivity index (χ1v) is 6.60. The molecule has 0 radical (unpaired) electrons. The Balaban J connectivity index is 2.11. The molecule has 1 aromatic rings. The van der Waals surface area contributed by atoms with Crippen molar-refractivity contribution in [3.63, 3.8) is 0 Å². The van der Waals surface area contributed by atoms with E-state index >= 15 is 0 Å². The molecule has 3 atom stereocenters. The number of halogens is 3. The molecule has 5 heteroatoms. The Morgan fingerprint density at radius 1 is 1.44 bits per heavy atom. The van der Waals surface area contributed by atoms with Gasteiger partial charge in [-0.3, -0.25) is 4.79 Å². The normalized spacial score (nSPS) is 23.6. The molecule has 1 N–H and O–H groups in total. The summed E-state index contributed by atoms with van der Waals surface area (Å²) in [4.78, 5) is 11.8. The summed E-state index contributed by atoms with van der Waals surface area (Å²) in [6.45, 7) is 3.81. The predicted molar refractivity (Wildman–Crippen MR) is 70.2 cm³/mol. The fourth-order valence-electron chi connectivity index (χ4n) is 1.96. The molecule has 0 aromatic heterocycles. The summed E-state index contributed by atoms with van der Waals surface area (Å²) in [7, 11) is 0. The number of benzene rings is 1. The van der Waals surface area contributed by atoms with Gasteiger partial charge in [0.05, 0.1) is 11.1 Å². The van der Waals surface area contributed by atoms with Gasteiger partial charge in [0.25, 0.3) is 0 Å². The average Bonchev–Trinajstić information content (AvgIpc) is 3.00. The van der Waals surface area contributed by atoms with Crippen LogP contribution in [0, 0.1) is 17.7 Å². The van der Waals surface area contributed by atoms with Gasteiger partial charge in [-0.2, -0.15) is 0 Å². The maximum absolute atomic E-state index is 13.4. The summed E-state index contributed by atoms with van der Waals surface area (Å²) in [6, 6.07) is 2.30. The summed E-state index contributed by atoms with van der Waals surface area (Å²) >= 11 is 11.6. The maximum atomic E-state index is 13.4. The Bertz CT molecular complexity index is 492. The lowest BCUT2D eigenvalue weighted by atomic mass is 10.1. The molecule has 1 fully saturated rings. The molecular formula is C13H14Cl2FNO. The number of hydrogen-bond acceptors (Lipinski definition) is 1. The van der Waals surface area contributed by atoms with Crippen molar-refractivity contribution >= 4 is 29.1 Å². The van der Waals surface area contributed by atoms with Crippen molar-refractivity contribution < 1.29 is 9.18 Å². The molecule has 2 nitrogen and oxygen atoms in total. The van der Waals surface area contributed by atoms with Crippen molar-refractivity contribution in [3.05, 3.63) is 33.6 Å². The van der Waals surface area contributed by atoms with E-state index in [1.807, 2.05) is 6.92 Å². The third kappa shape index (κ3) is 2.78. The molecule has 1 saturated carbocycles. The largest absolute Gasteiger partial charge is 0.349 e. The highest BCUT2D eigenvalue weighted by Crippen LogP contribution is 2.38. The predicted octanol–water partition coefficient (Wildman–Crippen LogP) is 3.97. The van der Waals surface area contributed by atoms with Crippen molar-refractivity contribution in [1.82, 2.24) is 5.32 Å². The molecule has 1 amide bonds. The lowest BCUT2D eigenvalue weighted by Crippen LogP contribution is -2.28. The first kappa shape index (κ1) is 13.6. The van der Waals surface area contributed by atoms with Crippen LogP contribution in [0.15, 0.2) is 12.1 Å². The first-order chi connectivity index (χ1) is 8.40. The maximum Gasteiger partial charge on any atom is 0.223 e. The second-order valence-electron chi connectivity index (χ2n) is 4.84. The minimum Gasteiger partial charge on any atom is -0.349 e. The van der Waals surface area contributed by atoms with Gasteiger partial charge in [-0.1, -0.05) is 30.1 Å². The van der Waals surface area contributed by atoms with Crippen LogP contribution in [0.3, 0.4) is 0 Å². The summed E-state index contributed by atoms with van der Waals surface area (Å²) in [6.07, 6.45) is 0.918. The van der Waals surface area contributed by atoms with E-state index in [9.17, 15) is 9.18 Å². The van der Waals surface area contributed by atoms with Crippen molar-refractivity contribution in [2.24, 2.45) is 11.8 Å². The average molecular weight is 290 g/mol. The van der Waals surface area contributed by atoms with E-state index in [1.165, 1.54) is 12.1 Å². The SMILES string of the molecule is C[C@H](NC(=O)[C@H]1C[C@H]1C)c1cc(F)c(Cl)cc1Cl. The van der Waals surface area contributed by atoms with E-state index in [4.69, 9.17) is 23.2 Å². The van der Waals surface area contributed by atoms with Crippen LogP contribution in [0.2, 0.25) is 10.0 Å². The van der Waals surface area contributed by atoms with Crippen LogP contribution in [-0.4, -0.2) is 5.91 Å². The highest BCUT2D eigenvalue weighted by atomic mass is 35.5. The molecule has 0 bridgehead atoms. The van der Waals surface area contributed by atoms with Gasteiger partial charge in [-0.25, -0.2) is 4.39 Å². The first-order valence-electron chi connectivity index (χ1n) is 5.85. The molecule has 1 aromatic carbocycles. The zero-order chi connectivity index (χ0) is 13.4. The minimum absolute atomic E-state index is 0.00132. The van der Waals surface area contributed by atoms with Gasteiger partial charge in [-0.15, -0.1) is 0 Å². The Morgan fingerprint density at radius 3 is 2.61 bits per heavy atom. The second-order valence-corrected chi connectivity index (χ2v) is 5.65. The van der Waals surface area contributed by atoms with Crippen LogP contribution in [-0.2, 0) is 4.79 Å². The highest BCUT2D eigenvalue weighted by molar-refractivity contribution is 6.35. The van der Waals surface area contributed by atoms with E-state index < -0.39 is 5.82 Å². The number of carbonyl (C=O) groups excluding carboxylic acids is 1. The Hall–Kier alpha value is -0.800. The Labute approximate surface area is 115 Å². The van der Waals surface area contributed by atoms with Crippen LogP contribution in [0.5, 0.6) is 0 Å². The van der Waals surface area contributed by atoms with Crippen molar-refractivity contribution in [2.75, 3.05) is 0 Å². The summed E-state index contributed by atoms with van der Waals surface area (Å²) in [5.74, 6) is -0.00335. The minimum atomic E-state index is -0.531. The highest BCUT2D eigenvalue weighted by Gasteiger charge is 2.39. The second kappa shape index (κ2) is 5.06. The zero-order valence-corrected chi connectivity index (χ0v) is 11.6. The monoisotopic (exact) mass is 289 g/mol. The lowest BCUT2D eigenvalue weighted by Gasteiger charge is -2.16. The van der Waals surface area contributed by atoms with Crippen molar-refractivity contribution in [1.29, 1.82) is 0 Å². The molecule has 2 rings (SSSR count). The fraction of sp³-hybridized carbons (Fsp3) is 0.462. The number of carbonyl (C=O) groups is 1. The van der Waals surface area contributed by atoms with Gasteiger partial charge in [0.2, 0.25) is 5.91 Å². The molecule has 0 spiro atoms. The van der Waals surface area contributed by atoms with E-state index in [0.29, 0.717) is 16.5 Å². The van der Waals surface area contributed by atoms with Gasteiger partial charge in [0.1, 0.15) is 5.82 Å². The molecule has 0 heterocycles. The smallest absolute Gasteiger partial charge is 0.223 e. The quantitative estimate of drug-likeness (QED) is 0.839. The lowest BCUT2D eigenvalue weighted by molar-refractivity contribution is -0.123. The topological polar surface area (TPSA) is 29.1 Å². The summed E-state index contributed by atoms with van der Waals surface area (Å²) in [5.41, 5.74) is 0.542. The van der Waals surface area contributed by atoms with Gasteiger partial charge in [0, 0.05) is 10.9 Å². The van der Waals surface area contributed by atoms with Gasteiger partial charge < -0.3 is 5.32 Å². The van der Waals surface area contributed by atoms with Crippen molar-refractivity contribution in [2.45, 2.75) is 26.3 Å². The van der Waals surface area contributed by atoms with Gasteiger partial charge >= 0.3 is 0 Å². The van der Waals surface area contributed by atoms with Crippen LogP contribution in [0.4, 0.5) is 4.39 Å². The summed E-state index contributed by atoms with van der Waals surface area (Å²) in [5, 5.41) is 3.19. The fourth-order valence-corrected chi connectivity index (χ4v) is 2.50. The molecule has 98 valence electrons. The number of nitrogens with one attached hydrogen (secondary N) is 1. The van der Waals surface area contributed by atoms with E-state index in [-0.39, 0.29) is 22.9 Å².